The second-order valence-electron chi connectivity index (χ2n) is 8.39. The Labute approximate surface area is 185 Å². The van der Waals surface area contributed by atoms with E-state index in [0.29, 0.717) is 6.54 Å². The van der Waals surface area contributed by atoms with E-state index < -0.39 is 0 Å². The van der Waals surface area contributed by atoms with Crippen molar-refractivity contribution in [3.63, 3.8) is 0 Å². The van der Waals surface area contributed by atoms with Crippen LogP contribution in [0.15, 0.2) is 54.7 Å². The van der Waals surface area contributed by atoms with Crippen LogP contribution in [0.1, 0.15) is 51.0 Å². The number of urea groups is 1. The highest BCUT2D eigenvalue weighted by molar-refractivity contribution is 5.90. The summed E-state index contributed by atoms with van der Waals surface area (Å²) in [6, 6.07) is 16.3. The number of nitrogens with one attached hydrogen (secondary N) is 1. The highest BCUT2D eigenvalue weighted by atomic mass is 16.5. The van der Waals surface area contributed by atoms with Crippen molar-refractivity contribution in [2.75, 3.05) is 12.4 Å². The Morgan fingerprint density at radius 2 is 1.87 bits per heavy atom. The molecule has 0 bridgehead atoms. The van der Waals surface area contributed by atoms with Gasteiger partial charge in [-0.3, -0.25) is 0 Å². The van der Waals surface area contributed by atoms with Crippen molar-refractivity contribution in [3.05, 3.63) is 60.3 Å². The molecular formula is C26H33N3O2. The molecule has 0 radical (unpaired) electrons. The van der Waals surface area contributed by atoms with Gasteiger partial charge in [-0.15, -0.1) is 0 Å². The molecule has 5 nitrogen and oxygen atoms in total. The molecule has 4 rings (SSSR count). The molecule has 2 aromatic carbocycles. The van der Waals surface area contributed by atoms with Crippen LogP contribution in [0, 0.1) is 0 Å². The first kappa shape index (κ1) is 21.3. The maximum atomic E-state index is 13.5. The molecule has 0 spiro atoms. The lowest BCUT2D eigenvalue weighted by molar-refractivity contribution is 0.176. The summed E-state index contributed by atoms with van der Waals surface area (Å²) in [5, 5.41) is 4.36. The van der Waals surface area contributed by atoms with Crippen molar-refractivity contribution in [3.8, 4) is 5.75 Å². The van der Waals surface area contributed by atoms with Crippen molar-refractivity contribution in [2.45, 2.75) is 64.6 Å². The van der Waals surface area contributed by atoms with E-state index in [0.717, 1.165) is 30.8 Å². The van der Waals surface area contributed by atoms with Crippen LogP contribution in [0.4, 0.5) is 10.5 Å². The van der Waals surface area contributed by atoms with Crippen molar-refractivity contribution in [1.29, 1.82) is 0 Å². The number of carbonyl (C=O) groups is 1. The summed E-state index contributed by atoms with van der Waals surface area (Å²) >= 11 is 0. The van der Waals surface area contributed by atoms with Crippen LogP contribution in [0.5, 0.6) is 5.75 Å². The fourth-order valence-corrected chi connectivity index (χ4v) is 4.73. The molecule has 2 amide bonds. The number of nitrogens with zero attached hydrogens (tertiary/aromatic N) is 2. The topological polar surface area (TPSA) is 46.5 Å². The van der Waals surface area contributed by atoms with Gasteiger partial charge in [0.2, 0.25) is 0 Å². The number of hydrogen-bond acceptors (Lipinski definition) is 2. The summed E-state index contributed by atoms with van der Waals surface area (Å²) in [6.45, 7) is 3.70. The van der Waals surface area contributed by atoms with Gasteiger partial charge in [0.05, 0.1) is 7.11 Å². The van der Waals surface area contributed by atoms with E-state index in [1.165, 1.54) is 42.1 Å². The van der Waals surface area contributed by atoms with Gasteiger partial charge in [-0.25, -0.2) is 4.79 Å². The molecule has 1 aliphatic rings. The molecule has 1 N–H and O–H groups in total. The van der Waals surface area contributed by atoms with Gasteiger partial charge in [-0.05, 0) is 43.5 Å². The molecule has 5 heteroatoms. The lowest BCUT2D eigenvalue weighted by atomic mass is 10.1. The number of rotatable bonds is 6. The van der Waals surface area contributed by atoms with Crippen LogP contribution in [-0.4, -0.2) is 28.6 Å². The number of ether oxygens (including phenoxy) is 1. The van der Waals surface area contributed by atoms with Gasteiger partial charge in [0.1, 0.15) is 5.75 Å². The molecule has 3 aromatic rings. The van der Waals surface area contributed by atoms with E-state index in [2.05, 4.69) is 52.2 Å². The number of aromatic nitrogens is 1. The summed E-state index contributed by atoms with van der Waals surface area (Å²) in [5.74, 6) is 0.741. The predicted molar refractivity (Wildman–Crippen MR) is 127 cm³/mol. The minimum atomic E-state index is -0.0338. The fourth-order valence-electron chi connectivity index (χ4n) is 4.73. The zero-order chi connectivity index (χ0) is 21.6. The molecule has 1 heterocycles. The number of para-hydroxylation sites is 1. The molecule has 0 saturated heterocycles. The summed E-state index contributed by atoms with van der Waals surface area (Å²) in [7, 11) is 1.64. The highest BCUT2D eigenvalue weighted by Crippen LogP contribution is 2.28. The van der Waals surface area contributed by atoms with Crippen molar-refractivity contribution < 1.29 is 9.53 Å². The monoisotopic (exact) mass is 419 g/mol. The molecule has 0 atom stereocenters. The summed E-state index contributed by atoms with van der Waals surface area (Å²) in [5.41, 5.74) is 3.20. The quantitative estimate of drug-likeness (QED) is 0.468. The normalized spacial score (nSPS) is 14.9. The minimum Gasteiger partial charge on any atom is -0.497 e. The molecular weight excluding hydrogens is 386 g/mol. The van der Waals surface area contributed by atoms with Crippen molar-refractivity contribution >= 4 is 22.6 Å². The zero-order valence-electron chi connectivity index (χ0n) is 18.6. The van der Waals surface area contributed by atoms with Crippen LogP contribution >= 0.6 is 0 Å². The lowest BCUT2D eigenvalue weighted by Crippen LogP contribution is -2.42. The lowest BCUT2D eigenvalue weighted by Gasteiger charge is -2.31. The fraction of sp³-hybridized carbons (Fsp3) is 0.423. The predicted octanol–water partition coefficient (Wildman–Crippen LogP) is 6.43. The first-order valence-electron chi connectivity index (χ1n) is 11.5. The number of anilines is 1. The van der Waals surface area contributed by atoms with E-state index in [4.69, 9.17) is 4.74 Å². The average molecular weight is 420 g/mol. The van der Waals surface area contributed by atoms with Crippen LogP contribution in [0.25, 0.3) is 10.9 Å². The summed E-state index contributed by atoms with van der Waals surface area (Å²) in [4.78, 5) is 15.6. The summed E-state index contributed by atoms with van der Waals surface area (Å²) < 4.78 is 7.59. The molecule has 1 saturated carbocycles. The number of benzene rings is 2. The average Bonchev–Trinajstić information content (AvgIpc) is 2.95. The molecule has 1 aromatic heterocycles. The Hall–Kier alpha value is -2.95. The number of hydrogen-bond donors (Lipinski definition) is 1. The maximum Gasteiger partial charge on any atom is 0.322 e. The minimum absolute atomic E-state index is 0.0338. The third kappa shape index (κ3) is 4.87. The molecule has 1 fully saturated rings. The van der Waals surface area contributed by atoms with Crippen LogP contribution < -0.4 is 10.1 Å². The van der Waals surface area contributed by atoms with E-state index in [1.54, 1.807) is 7.11 Å². The Bertz CT molecular complexity index is 1020. The Morgan fingerprint density at radius 1 is 1.10 bits per heavy atom. The van der Waals surface area contributed by atoms with Crippen molar-refractivity contribution in [2.24, 2.45) is 0 Å². The Kier molecular flexibility index (Phi) is 6.80. The van der Waals surface area contributed by atoms with E-state index in [-0.39, 0.29) is 12.1 Å². The summed E-state index contributed by atoms with van der Waals surface area (Å²) in [6.07, 6.45) is 9.24. The zero-order valence-corrected chi connectivity index (χ0v) is 18.6. The Balaban J connectivity index is 1.63. The number of amides is 2. The number of aryl methyl sites for hydroxylation is 1. The van der Waals surface area contributed by atoms with E-state index >= 15 is 0 Å². The SMILES string of the molecule is CCn1cc(CN(C(=O)Nc2cccc(OC)c2)C2CCCCCC2)c2ccccc21. The van der Waals surface area contributed by atoms with Crippen LogP contribution in [0.3, 0.4) is 0 Å². The van der Waals surface area contributed by atoms with Crippen LogP contribution in [0.2, 0.25) is 0 Å². The van der Waals surface area contributed by atoms with E-state index in [9.17, 15) is 4.79 Å². The van der Waals surface area contributed by atoms with Gasteiger partial charge in [0, 0.05) is 48.0 Å². The molecule has 31 heavy (non-hydrogen) atoms. The third-order valence-corrected chi connectivity index (χ3v) is 6.40. The van der Waals surface area contributed by atoms with Crippen molar-refractivity contribution in [1.82, 2.24) is 9.47 Å². The number of fused-ring (bicyclic) bond motifs is 1. The van der Waals surface area contributed by atoms with Gasteiger partial charge >= 0.3 is 6.03 Å². The van der Waals surface area contributed by atoms with Crippen LogP contribution in [-0.2, 0) is 13.1 Å². The molecule has 0 aliphatic heterocycles. The Morgan fingerprint density at radius 3 is 2.61 bits per heavy atom. The third-order valence-electron chi connectivity index (χ3n) is 6.40. The smallest absolute Gasteiger partial charge is 0.322 e. The maximum absolute atomic E-state index is 13.5. The molecule has 0 unspecified atom stereocenters. The van der Waals surface area contributed by atoms with Gasteiger partial charge in [-0.2, -0.15) is 0 Å². The second kappa shape index (κ2) is 9.90. The number of methoxy groups -OCH3 is 1. The first-order valence-corrected chi connectivity index (χ1v) is 11.5. The van der Waals surface area contributed by atoms with E-state index in [1.807, 2.05) is 24.3 Å². The highest BCUT2D eigenvalue weighted by Gasteiger charge is 2.26. The van der Waals surface area contributed by atoms with Gasteiger partial charge in [0.15, 0.2) is 0 Å². The van der Waals surface area contributed by atoms with Gasteiger partial charge in [0.25, 0.3) is 0 Å². The standard InChI is InChI=1S/C26H33N3O2/c1-3-28-18-20(24-15-8-9-16-25(24)28)19-29(22-12-6-4-5-7-13-22)26(30)27-21-11-10-14-23(17-21)31-2/h8-11,14-18,22H,3-7,12-13,19H2,1-2H3,(H,27,30). The first-order chi connectivity index (χ1) is 15.2. The van der Waals surface area contributed by atoms with Gasteiger partial charge < -0.3 is 19.5 Å². The second-order valence-corrected chi connectivity index (χ2v) is 8.39. The molecule has 164 valence electrons. The number of carbonyl (C=O) groups excluding carboxylic acids is 1. The largest absolute Gasteiger partial charge is 0.497 e. The van der Waals surface area contributed by atoms with Gasteiger partial charge in [-0.1, -0.05) is 49.9 Å². The molecule has 1 aliphatic carbocycles.